The summed E-state index contributed by atoms with van der Waals surface area (Å²) in [5.74, 6) is -1.14. The highest BCUT2D eigenvalue weighted by molar-refractivity contribution is 5.83. The second-order valence-corrected chi connectivity index (χ2v) is 6.71. The van der Waals surface area contributed by atoms with Crippen molar-refractivity contribution >= 4 is 22.8 Å². The van der Waals surface area contributed by atoms with E-state index < -0.39 is 5.97 Å². The largest absolute Gasteiger partial charge is 0.456 e. The molecule has 0 aliphatic heterocycles. The predicted molar refractivity (Wildman–Crippen MR) is 105 cm³/mol. The first-order valence-electron chi connectivity index (χ1n) is 9.22. The van der Waals surface area contributed by atoms with Gasteiger partial charge in [0.05, 0.1) is 0 Å². The van der Waals surface area contributed by atoms with Gasteiger partial charge < -0.3 is 14.6 Å². The summed E-state index contributed by atoms with van der Waals surface area (Å²) in [6.45, 7) is -0.208. The fraction of sp³-hybridized carbons (Fsp3) is 0.273. The smallest absolute Gasteiger partial charge is 0.306 e. The monoisotopic (exact) mass is 382 g/mol. The second-order valence-electron chi connectivity index (χ2n) is 6.71. The first kappa shape index (κ1) is 19.6. The highest BCUT2D eigenvalue weighted by atomic mass is 19.1. The maximum absolute atomic E-state index is 13.7. The molecule has 0 unspecified atom stereocenters. The van der Waals surface area contributed by atoms with Crippen molar-refractivity contribution in [3.05, 3.63) is 71.7 Å². The number of fused-ring (bicyclic) bond motifs is 1. The molecule has 1 amide bonds. The van der Waals surface area contributed by atoms with Crippen LogP contribution in [0.3, 0.4) is 0 Å². The number of likely N-dealkylation sites (N-methyl/N-ethyl adjacent to an activating group) is 1. The number of amides is 1. The summed E-state index contributed by atoms with van der Waals surface area (Å²) in [4.78, 5) is 28.6. The number of ether oxygens (including phenoxy) is 1. The fourth-order valence-electron chi connectivity index (χ4n) is 3.06. The molecule has 3 rings (SSSR count). The fourth-order valence-corrected chi connectivity index (χ4v) is 3.06. The Hall–Kier alpha value is -3.15. The number of H-pyrrole nitrogens is 1. The van der Waals surface area contributed by atoms with Crippen molar-refractivity contribution in [1.29, 1.82) is 0 Å². The average Bonchev–Trinajstić information content (AvgIpc) is 3.11. The number of aromatic nitrogens is 1. The maximum atomic E-state index is 13.7. The van der Waals surface area contributed by atoms with E-state index in [-0.39, 0.29) is 31.3 Å². The summed E-state index contributed by atoms with van der Waals surface area (Å²) >= 11 is 0. The zero-order valence-electron chi connectivity index (χ0n) is 15.8. The van der Waals surface area contributed by atoms with E-state index in [0.29, 0.717) is 12.0 Å². The minimum Gasteiger partial charge on any atom is -0.456 e. The Morgan fingerprint density at radius 1 is 1.07 bits per heavy atom. The molecular formula is C22H23FN2O3. The van der Waals surface area contributed by atoms with E-state index in [9.17, 15) is 14.0 Å². The van der Waals surface area contributed by atoms with Crippen LogP contribution >= 0.6 is 0 Å². The molecule has 1 N–H and O–H groups in total. The zero-order chi connectivity index (χ0) is 19.9. The molecule has 5 nitrogen and oxygen atoms in total. The van der Waals surface area contributed by atoms with Gasteiger partial charge in [-0.2, -0.15) is 0 Å². The molecule has 1 heterocycles. The third-order valence-corrected chi connectivity index (χ3v) is 4.65. The van der Waals surface area contributed by atoms with Crippen LogP contribution in [0.15, 0.2) is 54.7 Å². The topological polar surface area (TPSA) is 62.4 Å². The molecule has 0 radical (unpaired) electrons. The molecule has 0 aliphatic rings. The second kappa shape index (κ2) is 9.17. The Labute approximate surface area is 163 Å². The molecule has 0 atom stereocenters. The lowest BCUT2D eigenvalue weighted by Crippen LogP contribution is -2.31. The highest BCUT2D eigenvalue weighted by Crippen LogP contribution is 2.19. The van der Waals surface area contributed by atoms with E-state index in [1.165, 1.54) is 11.0 Å². The van der Waals surface area contributed by atoms with Crippen LogP contribution in [0.2, 0.25) is 0 Å². The van der Waals surface area contributed by atoms with E-state index in [0.717, 1.165) is 22.9 Å². The zero-order valence-corrected chi connectivity index (χ0v) is 15.8. The van der Waals surface area contributed by atoms with Crippen molar-refractivity contribution < 1.29 is 18.7 Å². The van der Waals surface area contributed by atoms with Gasteiger partial charge in [-0.3, -0.25) is 9.59 Å². The van der Waals surface area contributed by atoms with Crippen LogP contribution in [0.5, 0.6) is 0 Å². The molecule has 28 heavy (non-hydrogen) atoms. The molecule has 0 fully saturated rings. The van der Waals surface area contributed by atoms with E-state index in [1.54, 1.807) is 25.2 Å². The number of halogens is 1. The summed E-state index contributed by atoms with van der Waals surface area (Å²) in [6.07, 6.45) is 3.58. The number of carbonyl (C=O) groups excluding carboxylic acids is 2. The quantitative estimate of drug-likeness (QED) is 0.602. The lowest BCUT2D eigenvalue weighted by molar-refractivity contribution is -0.151. The number of rotatable bonds is 8. The number of benzene rings is 2. The van der Waals surface area contributed by atoms with Crippen LogP contribution in [0.1, 0.15) is 24.0 Å². The summed E-state index contributed by atoms with van der Waals surface area (Å²) in [5, 5.41) is 1.15. The minimum atomic E-state index is -0.410. The van der Waals surface area contributed by atoms with Crippen LogP contribution in [0.25, 0.3) is 10.9 Å². The van der Waals surface area contributed by atoms with Gasteiger partial charge in [0.2, 0.25) is 0 Å². The normalized spacial score (nSPS) is 10.8. The molecule has 1 aromatic heterocycles. The number of aromatic amines is 1. The third kappa shape index (κ3) is 4.97. The Morgan fingerprint density at radius 2 is 1.82 bits per heavy atom. The highest BCUT2D eigenvalue weighted by Gasteiger charge is 2.14. The molecule has 0 aliphatic carbocycles. The van der Waals surface area contributed by atoms with E-state index in [4.69, 9.17) is 4.74 Å². The van der Waals surface area contributed by atoms with Gasteiger partial charge in [-0.05, 0) is 30.5 Å². The Bertz CT molecular complexity index is 967. The molecule has 2 aromatic carbocycles. The van der Waals surface area contributed by atoms with Gasteiger partial charge in [0.1, 0.15) is 5.82 Å². The van der Waals surface area contributed by atoms with Crippen molar-refractivity contribution in [3.8, 4) is 0 Å². The molecule has 3 aromatic rings. The van der Waals surface area contributed by atoms with Crippen LogP contribution in [0.4, 0.5) is 4.39 Å². The van der Waals surface area contributed by atoms with Gasteiger partial charge >= 0.3 is 5.97 Å². The molecular weight excluding hydrogens is 359 g/mol. The van der Waals surface area contributed by atoms with Crippen molar-refractivity contribution in [2.75, 3.05) is 13.7 Å². The lowest BCUT2D eigenvalue weighted by atomic mass is 10.1. The summed E-state index contributed by atoms with van der Waals surface area (Å²) in [7, 11) is 1.56. The molecule has 0 saturated carbocycles. The molecule has 146 valence electrons. The number of aryl methyl sites for hydroxylation is 1. The van der Waals surface area contributed by atoms with Crippen LogP contribution in [-0.2, 0) is 27.3 Å². The Balaban J connectivity index is 1.40. The number of hydrogen-bond acceptors (Lipinski definition) is 3. The average molecular weight is 382 g/mol. The Morgan fingerprint density at radius 3 is 2.64 bits per heavy atom. The van der Waals surface area contributed by atoms with Crippen molar-refractivity contribution in [1.82, 2.24) is 9.88 Å². The number of para-hydroxylation sites is 1. The van der Waals surface area contributed by atoms with Crippen LogP contribution in [-0.4, -0.2) is 35.4 Å². The molecule has 0 saturated heterocycles. The van der Waals surface area contributed by atoms with Crippen molar-refractivity contribution in [3.63, 3.8) is 0 Å². The van der Waals surface area contributed by atoms with Crippen LogP contribution in [0, 0.1) is 5.82 Å². The molecule has 6 heteroatoms. The van der Waals surface area contributed by atoms with Gasteiger partial charge in [-0.25, -0.2) is 4.39 Å². The van der Waals surface area contributed by atoms with Crippen molar-refractivity contribution in [2.24, 2.45) is 0 Å². The predicted octanol–water partition coefficient (Wildman–Crippen LogP) is 3.83. The summed E-state index contributed by atoms with van der Waals surface area (Å²) < 4.78 is 18.7. The van der Waals surface area contributed by atoms with E-state index >= 15 is 0 Å². The minimum absolute atomic E-state index is 0.129. The van der Waals surface area contributed by atoms with E-state index in [2.05, 4.69) is 4.98 Å². The van der Waals surface area contributed by atoms with Gasteiger partial charge in [-0.1, -0.05) is 36.4 Å². The molecule has 0 spiro atoms. The van der Waals surface area contributed by atoms with Gasteiger partial charge in [0.25, 0.3) is 5.91 Å². The maximum Gasteiger partial charge on any atom is 0.306 e. The number of nitrogens with zero attached hydrogens (tertiary/aromatic N) is 1. The van der Waals surface area contributed by atoms with Crippen molar-refractivity contribution in [2.45, 2.75) is 25.8 Å². The Kier molecular flexibility index (Phi) is 6.42. The number of hydrogen-bond donors (Lipinski definition) is 1. The summed E-state index contributed by atoms with van der Waals surface area (Å²) in [6, 6.07) is 14.3. The molecule has 0 bridgehead atoms. The lowest BCUT2D eigenvalue weighted by Gasteiger charge is -2.17. The van der Waals surface area contributed by atoms with Crippen LogP contribution < -0.4 is 0 Å². The van der Waals surface area contributed by atoms with Gasteiger partial charge in [0, 0.05) is 42.7 Å². The van der Waals surface area contributed by atoms with Gasteiger partial charge in [0.15, 0.2) is 6.61 Å². The summed E-state index contributed by atoms with van der Waals surface area (Å²) in [5.41, 5.74) is 2.65. The third-order valence-electron chi connectivity index (χ3n) is 4.65. The number of nitrogens with one attached hydrogen (secondary N) is 1. The van der Waals surface area contributed by atoms with E-state index in [1.807, 2.05) is 30.5 Å². The standard InChI is InChI=1S/C22H23FN2O3/c1-25(14-17-7-2-4-10-19(17)23)21(26)15-28-22(27)12-6-8-16-13-24-20-11-5-3-9-18(16)20/h2-5,7,9-11,13,24H,6,8,12,14-15H2,1H3. The first-order chi connectivity index (χ1) is 13.5. The number of carbonyl (C=O) groups is 2. The first-order valence-corrected chi connectivity index (χ1v) is 9.22. The van der Waals surface area contributed by atoms with Gasteiger partial charge in [-0.15, -0.1) is 0 Å². The number of esters is 1. The SMILES string of the molecule is CN(Cc1ccccc1F)C(=O)COC(=O)CCCc1c[nH]c2ccccc12.